The fraction of sp³-hybridized carbons (Fsp3) is 0.429. The predicted molar refractivity (Wildman–Crippen MR) is 62.0 cm³/mol. The molecule has 2 aliphatic rings. The summed E-state index contributed by atoms with van der Waals surface area (Å²) < 4.78 is 0. The molecule has 0 saturated heterocycles. The fourth-order valence-corrected chi connectivity index (χ4v) is 1.99. The summed E-state index contributed by atoms with van der Waals surface area (Å²) in [7, 11) is 0. The molecule has 2 rings (SSSR count). The van der Waals surface area contributed by atoms with Crippen molar-refractivity contribution in [1.29, 1.82) is 0 Å². The molecule has 0 bridgehead atoms. The maximum Gasteiger partial charge on any atom is 0.00526 e. The van der Waals surface area contributed by atoms with E-state index in [1.165, 1.54) is 24.0 Å². The summed E-state index contributed by atoms with van der Waals surface area (Å²) in [6, 6.07) is 0. The van der Waals surface area contributed by atoms with Crippen LogP contribution in [0.4, 0.5) is 0 Å². The van der Waals surface area contributed by atoms with Crippen molar-refractivity contribution in [3.05, 3.63) is 47.6 Å². The Morgan fingerprint density at radius 3 is 2.50 bits per heavy atom. The molecule has 14 heavy (non-hydrogen) atoms. The Kier molecular flexibility index (Phi) is 2.72. The SMILES string of the molecule is CC1=CCC(C2=CCC(C)C=C2)C=C1. The van der Waals surface area contributed by atoms with E-state index in [0.717, 1.165) is 5.92 Å². The first-order valence-electron chi connectivity index (χ1n) is 5.49. The molecule has 0 heterocycles. The number of hydrogen-bond acceptors (Lipinski definition) is 0. The minimum Gasteiger partial charge on any atom is -0.0811 e. The van der Waals surface area contributed by atoms with Crippen LogP contribution in [0.2, 0.25) is 0 Å². The van der Waals surface area contributed by atoms with Gasteiger partial charge in [-0.2, -0.15) is 0 Å². The van der Waals surface area contributed by atoms with E-state index in [4.69, 9.17) is 0 Å². The van der Waals surface area contributed by atoms with Gasteiger partial charge in [0.25, 0.3) is 0 Å². The Morgan fingerprint density at radius 2 is 1.93 bits per heavy atom. The fourth-order valence-electron chi connectivity index (χ4n) is 1.99. The van der Waals surface area contributed by atoms with E-state index in [0.29, 0.717) is 5.92 Å². The van der Waals surface area contributed by atoms with Gasteiger partial charge in [-0.1, -0.05) is 49.0 Å². The van der Waals surface area contributed by atoms with Gasteiger partial charge in [0.1, 0.15) is 0 Å². The van der Waals surface area contributed by atoms with E-state index >= 15 is 0 Å². The van der Waals surface area contributed by atoms with E-state index in [9.17, 15) is 0 Å². The van der Waals surface area contributed by atoms with Gasteiger partial charge in [-0.3, -0.25) is 0 Å². The summed E-state index contributed by atoms with van der Waals surface area (Å²) in [5, 5.41) is 0. The van der Waals surface area contributed by atoms with Gasteiger partial charge in [-0.05, 0) is 31.3 Å². The zero-order chi connectivity index (χ0) is 9.97. The normalized spacial score (nSPS) is 31.3. The summed E-state index contributed by atoms with van der Waals surface area (Å²) in [4.78, 5) is 0. The molecule has 0 spiro atoms. The lowest BCUT2D eigenvalue weighted by molar-refractivity contribution is 0.697. The molecule has 0 N–H and O–H groups in total. The Hall–Kier alpha value is -1.04. The minimum absolute atomic E-state index is 0.627. The van der Waals surface area contributed by atoms with Crippen molar-refractivity contribution in [3.8, 4) is 0 Å². The molecule has 0 fully saturated rings. The van der Waals surface area contributed by atoms with Gasteiger partial charge in [0.2, 0.25) is 0 Å². The lowest BCUT2D eigenvalue weighted by atomic mass is 9.86. The molecule has 0 amide bonds. The Labute approximate surface area is 86.7 Å². The van der Waals surface area contributed by atoms with Crippen LogP contribution in [0.5, 0.6) is 0 Å². The molecule has 0 aromatic heterocycles. The maximum absolute atomic E-state index is 2.40. The average molecular weight is 186 g/mol. The highest BCUT2D eigenvalue weighted by Gasteiger charge is 2.13. The van der Waals surface area contributed by atoms with Gasteiger partial charge in [0.15, 0.2) is 0 Å². The minimum atomic E-state index is 0.627. The molecule has 0 aromatic rings. The summed E-state index contributed by atoms with van der Waals surface area (Å²) in [6.07, 6.45) is 16.3. The molecule has 0 aromatic carbocycles. The molecule has 0 radical (unpaired) electrons. The number of hydrogen-bond donors (Lipinski definition) is 0. The first-order chi connectivity index (χ1) is 6.75. The summed E-state index contributed by atoms with van der Waals surface area (Å²) in [5.74, 6) is 1.35. The molecule has 0 saturated carbocycles. The zero-order valence-corrected chi connectivity index (χ0v) is 9.03. The van der Waals surface area contributed by atoms with Crippen LogP contribution in [0.1, 0.15) is 26.7 Å². The second-order valence-electron chi connectivity index (χ2n) is 4.43. The number of rotatable bonds is 1. The van der Waals surface area contributed by atoms with Crippen molar-refractivity contribution in [2.75, 3.05) is 0 Å². The van der Waals surface area contributed by atoms with E-state index in [1.54, 1.807) is 0 Å². The molecule has 2 atom stereocenters. The highest BCUT2D eigenvalue weighted by atomic mass is 14.2. The summed E-state index contributed by atoms with van der Waals surface area (Å²) in [5.41, 5.74) is 2.90. The van der Waals surface area contributed by atoms with Gasteiger partial charge in [0, 0.05) is 5.92 Å². The molecular formula is C14H18. The van der Waals surface area contributed by atoms with Gasteiger partial charge in [0.05, 0.1) is 0 Å². The molecule has 0 aliphatic heterocycles. The molecule has 0 heteroatoms. The van der Waals surface area contributed by atoms with Crippen molar-refractivity contribution in [1.82, 2.24) is 0 Å². The quantitative estimate of drug-likeness (QED) is 0.580. The van der Waals surface area contributed by atoms with Crippen molar-refractivity contribution < 1.29 is 0 Å². The van der Waals surface area contributed by atoms with Gasteiger partial charge in [-0.25, -0.2) is 0 Å². The lowest BCUT2D eigenvalue weighted by Gasteiger charge is -2.20. The van der Waals surface area contributed by atoms with Gasteiger partial charge >= 0.3 is 0 Å². The van der Waals surface area contributed by atoms with Crippen molar-refractivity contribution in [3.63, 3.8) is 0 Å². The Bertz CT molecular complexity index is 326. The largest absolute Gasteiger partial charge is 0.0811 e. The average Bonchev–Trinajstić information content (AvgIpc) is 2.21. The first-order valence-corrected chi connectivity index (χ1v) is 5.49. The van der Waals surface area contributed by atoms with Crippen LogP contribution >= 0.6 is 0 Å². The molecular weight excluding hydrogens is 168 g/mol. The second-order valence-corrected chi connectivity index (χ2v) is 4.43. The van der Waals surface area contributed by atoms with Crippen LogP contribution in [0.3, 0.4) is 0 Å². The van der Waals surface area contributed by atoms with E-state index in [-0.39, 0.29) is 0 Å². The maximum atomic E-state index is 2.40. The zero-order valence-electron chi connectivity index (χ0n) is 9.03. The van der Waals surface area contributed by atoms with Crippen molar-refractivity contribution >= 4 is 0 Å². The molecule has 2 unspecified atom stereocenters. The Morgan fingerprint density at radius 1 is 1.07 bits per heavy atom. The standard InChI is InChI=1S/C14H18/c1-11-3-7-13(8-4-11)14-9-5-12(2)6-10-14/h3-5,7,9-10,12-13H,6,8H2,1-2H3. The summed E-state index contributed by atoms with van der Waals surface area (Å²) in [6.45, 7) is 4.43. The predicted octanol–water partition coefficient (Wildman–Crippen LogP) is 4.03. The van der Waals surface area contributed by atoms with Crippen LogP contribution in [-0.4, -0.2) is 0 Å². The molecule has 0 nitrogen and oxygen atoms in total. The van der Waals surface area contributed by atoms with Crippen LogP contribution in [-0.2, 0) is 0 Å². The highest BCUT2D eigenvalue weighted by molar-refractivity contribution is 5.34. The Balaban J connectivity index is 2.05. The highest BCUT2D eigenvalue weighted by Crippen LogP contribution is 2.28. The van der Waals surface area contributed by atoms with Gasteiger partial charge in [-0.15, -0.1) is 0 Å². The smallest absolute Gasteiger partial charge is 0.00526 e. The van der Waals surface area contributed by atoms with Crippen molar-refractivity contribution in [2.45, 2.75) is 26.7 Å². The molecule has 2 aliphatic carbocycles. The monoisotopic (exact) mass is 186 g/mol. The van der Waals surface area contributed by atoms with Crippen molar-refractivity contribution in [2.24, 2.45) is 11.8 Å². The summed E-state index contributed by atoms with van der Waals surface area (Å²) >= 11 is 0. The third kappa shape index (κ3) is 2.06. The third-order valence-electron chi connectivity index (χ3n) is 3.06. The number of allylic oxidation sites excluding steroid dienone is 8. The van der Waals surface area contributed by atoms with Crippen LogP contribution in [0, 0.1) is 11.8 Å². The van der Waals surface area contributed by atoms with E-state index < -0.39 is 0 Å². The van der Waals surface area contributed by atoms with Crippen LogP contribution < -0.4 is 0 Å². The molecule has 74 valence electrons. The van der Waals surface area contributed by atoms with Gasteiger partial charge < -0.3 is 0 Å². The second kappa shape index (κ2) is 4.00. The lowest BCUT2D eigenvalue weighted by Crippen LogP contribution is -2.05. The third-order valence-corrected chi connectivity index (χ3v) is 3.06. The van der Waals surface area contributed by atoms with Crippen LogP contribution in [0.15, 0.2) is 47.6 Å². The topological polar surface area (TPSA) is 0 Å². The first kappa shape index (κ1) is 9.51. The van der Waals surface area contributed by atoms with E-state index in [2.05, 4.69) is 50.3 Å². The van der Waals surface area contributed by atoms with E-state index in [1.807, 2.05) is 0 Å². The van der Waals surface area contributed by atoms with Crippen LogP contribution in [0.25, 0.3) is 0 Å².